The number of aryl methyl sites for hydroxylation is 1. The fourth-order valence-corrected chi connectivity index (χ4v) is 5.04. The highest BCUT2D eigenvalue weighted by Gasteiger charge is 2.34. The van der Waals surface area contributed by atoms with Crippen molar-refractivity contribution in [3.63, 3.8) is 0 Å². The largest absolute Gasteiger partial charge is 0.326 e. The van der Waals surface area contributed by atoms with Crippen molar-refractivity contribution in [3.05, 3.63) is 35.4 Å². The van der Waals surface area contributed by atoms with E-state index in [4.69, 9.17) is 0 Å². The van der Waals surface area contributed by atoms with Crippen LogP contribution >= 0.6 is 0 Å². The summed E-state index contributed by atoms with van der Waals surface area (Å²) >= 11 is 0. The van der Waals surface area contributed by atoms with Gasteiger partial charge in [0.2, 0.25) is 10.0 Å². The van der Waals surface area contributed by atoms with Crippen LogP contribution in [-0.4, -0.2) is 60.0 Å². The van der Waals surface area contributed by atoms with E-state index in [1.54, 1.807) is 25.1 Å². The lowest BCUT2D eigenvalue weighted by atomic mass is 10.1. The zero-order valence-electron chi connectivity index (χ0n) is 14.8. The molecule has 0 bridgehead atoms. The van der Waals surface area contributed by atoms with Gasteiger partial charge in [-0.05, 0) is 38.1 Å². The van der Waals surface area contributed by atoms with Crippen LogP contribution in [0, 0.1) is 6.92 Å². The molecule has 3 heterocycles. The van der Waals surface area contributed by atoms with E-state index >= 15 is 0 Å². The maximum atomic E-state index is 13.3. The maximum Gasteiger partial charge on any atom is 0.256 e. The molecule has 2 aliphatic heterocycles. The number of hydrogen-bond donors (Lipinski definition) is 3. The number of carbonyl (C=O) groups is 1. The van der Waals surface area contributed by atoms with Crippen molar-refractivity contribution in [2.24, 2.45) is 0 Å². The summed E-state index contributed by atoms with van der Waals surface area (Å²) in [7, 11) is -3.74. The molecule has 0 spiro atoms. The third-order valence-corrected chi connectivity index (χ3v) is 6.54. The second-order valence-electron chi connectivity index (χ2n) is 6.49. The van der Waals surface area contributed by atoms with Crippen LogP contribution in [0.4, 0.5) is 5.69 Å². The lowest BCUT2D eigenvalue weighted by Gasteiger charge is -2.21. The van der Waals surface area contributed by atoms with E-state index in [0.29, 0.717) is 42.5 Å². The molecule has 1 aromatic carbocycles. The Bertz CT molecular complexity index is 1020. The van der Waals surface area contributed by atoms with Crippen molar-refractivity contribution in [2.45, 2.75) is 18.2 Å². The molecule has 0 atom stereocenters. The number of fused-ring (bicyclic) bond motifs is 1. The Morgan fingerprint density at radius 2 is 2.04 bits per heavy atom. The number of rotatable bonds is 3. The van der Waals surface area contributed by atoms with Crippen LogP contribution in [0.15, 0.2) is 23.1 Å². The van der Waals surface area contributed by atoms with Crippen LogP contribution in [0.3, 0.4) is 0 Å². The highest BCUT2D eigenvalue weighted by Crippen LogP contribution is 2.38. The van der Waals surface area contributed by atoms with E-state index in [0.717, 1.165) is 13.0 Å². The van der Waals surface area contributed by atoms with Crippen LogP contribution < -0.4 is 10.6 Å². The molecule has 1 amide bonds. The first-order chi connectivity index (χ1) is 13.0. The molecule has 0 unspecified atom stereocenters. The van der Waals surface area contributed by atoms with E-state index in [9.17, 15) is 13.2 Å². The van der Waals surface area contributed by atoms with Gasteiger partial charge in [0.1, 0.15) is 5.82 Å². The number of amides is 1. The molecule has 2 aliphatic rings. The van der Waals surface area contributed by atoms with Gasteiger partial charge in [-0.15, -0.1) is 10.2 Å². The SMILES string of the molecule is Cc1nnc(/C=C2\C(=O)Nc3cccc(S(=O)(=O)N4CCCNCC4)c32)[nH]1. The minimum Gasteiger partial charge on any atom is -0.326 e. The molecule has 1 saturated heterocycles. The average Bonchev–Trinajstić information content (AvgIpc) is 3.05. The Morgan fingerprint density at radius 3 is 2.81 bits per heavy atom. The van der Waals surface area contributed by atoms with E-state index in [1.165, 1.54) is 10.4 Å². The van der Waals surface area contributed by atoms with Crippen LogP contribution in [0.1, 0.15) is 23.6 Å². The highest BCUT2D eigenvalue weighted by atomic mass is 32.2. The highest BCUT2D eigenvalue weighted by molar-refractivity contribution is 7.89. The van der Waals surface area contributed by atoms with E-state index in [2.05, 4.69) is 25.8 Å². The molecule has 4 rings (SSSR count). The summed E-state index contributed by atoms with van der Waals surface area (Å²) in [6.45, 7) is 3.98. The number of benzene rings is 1. The van der Waals surface area contributed by atoms with Crippen LogP contribution in [0.2, 0.25) is 0 Å². The molecule has 0 saturated carbocycles. The topological polar surface area (TPSA) is 120 Å². The average molecular weight is 388 g/mol. The summed E-state index contributed by atoms with van der Waals surface area (Å²) in [6.07, 6.45) is 2.27. The molecule has 1 fully saturated rings. The summed E-state index contributed by atoms with van der Waals surface area (Å²) in [6, 6.07) is 4.89. The Labute approximate surface area is 156 Å². The van der Waals surface area contributed by atoms with Crippen molar-refractivity contribution >= 4 is 33.3 Å². The van der Waals surface area contributed by atoms with Crippen molar-refractivity contribution in [1.82, 2.24) is 24.8 Å². The lowest BCUT2D eigenvalue weighted by molar-refractivity contribution is -0.110. The standard InChI is InChI=1S/C17H20N6O3S/c1-11-19-15(22-21-11)10-12-16-13(20-17(12)24)4-2-5-14(16)27(25,26)23-8-3-6-18-7-9-23/h2,4-5,10,18H,3,6-9H2,1H3,(H,20,24)(H,19,21,22)/b12-10-. The fourth-order valence-electron chi connectivity index (χ4n) is 3.34. The van der Waals surface area contributed by atoms with E-state index < -0.39 is 10.0 Å². The number of nitrogens with zero attached hydrogens (tertiary/aromatic N) is 3. The molecule has 1 aromatic heterocycles. The van der Waals surface area contributed by atoms with Crippen LogP contribution in [0.25, 0.3) is 11.6 Å². The zero-order valence-corrected chi connectivity index (χ0v) is 15.6. The van der Waals surface area contributed by atoms with Crippen molar-refractivity contribution in [3.8, 4) is 0 Å². The molecule has 142 valence electrons. The molecule has 9 nitrogen and oxygen atoms in total. The van der Waals surface area contributed by atoms with Gasteiger partial charge in [0.05, 0.1) is 16.2 Å². The van der Waals surface area contributed by atoms with Gasteiger partial charge >= 0.3 is 0 Å². The Hall–Kier alpha value is -2.56. The molecule has 10 heteroatoms. The molecular weight excluding hydrogens is 368 g/mol. The molecule has 27 heavy (non-hydrogen) atoms. The normalized spacial score (nSPS) is 19.7. The van der Waals surface area contributed by atoms with Gasteiger partial charge in [0.25, 0.3) is 5.91 Å². The smallest absolute Gasteiger partial charge is 0.256 e. The third-order valence-electron chi connectivity index (χ3n) is 4.60. The second-order valence-corrected chi connectivity index (χ2v) is 8.40. The zero-order chi connectivity index (χ0) is 19.0. The van der Waals surface area contributed by atoms with E-state index in [-0.39, 0.29) is 16.4 Å². The Morgan fingerprint density at radius 1 is 1.19 bits per heavy atom. The number of anilines is 1. The summed E-state index contributed by atoms with van der Waals surface area (Å²) in [5, 5.41) is 13.8. The van der Waals surface area contributed by atoms with E-state index in [1.807, 2.05) is 0 Å². The summed E-state index contributed by atoms with van der Waals surface area (Å²) < 4.78 is 28.1. The maximum absolute atomic E-state index is 13.3. The summed E-state index contributed by atoms with van der Waals surface area (Å²) in [5.74, 6) is 0.648. The van der Waals surface area contributed by atoms with Crippen LogP contribution in [0.5, 0.6) is 0 Å². The summed E-state index contributed by atoms with van der Waals surface area (Å²) in [4.78, 5) is 15.6. The second kappa shape index (κ2) is 6.87. The molecule has 3 N–H and O–H groups in total. The minimum absolute atomic E-state index is 0.128. The minimum atomic E-state index is -3.74. The van der Waals surface area contributed by atoms with Gasteiger partial charge in [-0.2, -0.15) is 4.31 Å². The third kappa shape index (κ3) is 3.27. The van der Waals surface area contributed by atoms with Crippen molar-refractivity contribution in [1.29, 1.82) is 0 Å². The number of aromatic nitrogens is 3. The molecule has 2 aromatic rings. The van der Waals surface area contributed by atoms with Crippen molar-refractivity contribution in [2.75, 3.05) is 31.5 Å². The predicted molar refractivity (Wildman–Crippen MR) is 100 cm³/mol. The molecular formula is C17H20N6O3S. The number of H-pyrrole nitrogens is 1. The van der Waals surface area contributed by atoms with Gasteiger partial charge in [-0.1, -0.05) is 6.07 Å². The first-order valence-corrected chi connectivity index (χ1v) is 10.2. The summed E-state index contributed by atoms with van der Waals surface area (Å²) in [5.41, 5.74) is 1.12. The quantitative estimate of drug-likeness (QED) is 0.662. The lowest BCUT2D eigenvalue weighted by Crippen LogP contribution is -2.34. The van der Waals surface area contributed by atoms with Gasteiger partial charge in [0.15, 0.2) is 5.82 Å². The fraction of sp³-hybridized carbons (Fsp3) is 0.353. The number of carbonyl (C=O) groups excluding carboxylic acids is 1. The number of sulfonamides is 1. The van der Waals surface area contributed by atoms with Crippen molar-refractivity contribution < 1.29 is 13.2 Å². The van der Waals surface area contributed by atoms with Gasteiger partial charge in [0, 0.05) is 25.2 Å². The first kappa shape index (κ1) is 17.8. The van der Waals surface area contributed by atoms with Gasteiger partial charge in [-0.25, -0.2) is 8.42 Å². The molecule has 0 radical (unpaired) electrons. The monoisotopic (exact) mass is 388 g/mol. The Kier molecular flexibility index (Phi) is 4.54. The number of nitrogens with one attached hydrogen (secondary N) is 3. The van der Waals surface area contributed by atoms with Gasteiger partial charge < -0.3 is 15.6 Å². The molecule has 0 aliphatic carbocycles. The van der Waals surface area contributed by atoms with Crippen LogP contribution in [-0.2, 0) is 14.8 Å². The number of aromatic amines is 1. The van der Waals surface area contributed by atoms with Gasteiger partial charge in [-0.3, -0.25) is 4.79 Å². The predicted octanol–water partition coefficient (Wildman–Crippen LogP) is 0.590. The first-order valence-electron chi connectivity index (χ1n) is 8.73. The number of hydrogen-bond acceptors (Lipinski definition) is 6. The Balaban J connectivity index is 1.82.